The number of benzene rings is 1. The summed E-state index contributed by atoms with van der Waals surface area (Å²) < 4.78 is 0. The standard InChI is InChI=1S/C23H38O3/c1-3-5-7-9-10-11-12-14-20-25-26-23(24)22-18-16-21(17-19-22)15-13-8-6-4-2/h16-19H,3-15,20H2,1-2H3. The van der Waals surface area contributed by atoms with Crippen LogP contribution in [0.1, 0.15) is 107 Å². The van der Waals surface area contributed by atoms with E-state index in [1.165, 1.54) is 69.8 Å². The van der Waals surface area contributed by atoms with Crippen LogP contribution in [-0.4, -0.2) is 12.6 Å². The molecule has 0 spiro atoms. The van der Waals surface area contributed by atoms with E-state index in [1.807, 2.05) is 24.3 Å². The number of carbonyl (C=O) groups excluding carboxylic acids is 1. The van der Waals surface area contributed by atoms with Crippen LogP contribution in [0, 0.1) is 0 Å². The Morgan fingerprint density at radius 2 is 1.27 bits per heavy atom. The smallest absolute Gasteiger partial charge is 0.293 e. The highest BCUT2D eigenvalue weighted by Crippen LogP contribution is 2.11. The molecule has 0 aromatic heterocycles. The molecule has 1 aromatic rings. The summed E-state index contributed by atoms with van der Waals surface area (Å²) in [5.41, 5.74) is 1.83. The molecule has 0 bridgehead atoms. The highest BCUT2D eigenvalue weighted by molar-refractivity contribution is 5.88. The second-order valence-corrected chi connectivity index (χ2v) is 7.18. The van der Waals surface area contributed by atoms with E-state index in [4.69, 9.17) is 9.78 Å². The summed E-state index contributed by atoms with van der Waals surface area (Å²) in [7, 11) is 0. The van der Waals surface area contributed by atoms with Crippen molar-refractivity contribution in [1.82, 2.24) is 0 Å². The van der Waals surface area contributed by atoms with Crippen LogP contribution in [-0.2, 0) is 16.2 Å². The molecule has 148 valence electrons. The Hall–Kier alpha value is -1.35. The van der Waals surface area contributed by atoms with Gasteiger partial charge in [-0.25, -0.2) is 4.79 Å². The summed E-state index contributed by atoms with van der Waals surface area (Å²) in [5, 5.41) is 0. The molecule has 0 atom stereocenters. The minimum Gasteiger partial charge on any atom is -0.293 e. The van der Waals surface area contributed by atoms with E-state index in [0.717, 1.165) is 19.3 Å². The largest absolute Gasteiger partial charge is 0.373 e. The Bertz CT molecular complexity index is 453. The van der Waals surface area contributed by atoms with E-state index in [2.05, 4.69) is 13.8 Å². The maximum Gasteiger partial charge on any atom is 0.373 e. The van der Waals surface area contributed by atoms with Crippen LogP contribution in [0.15, 0.2) is 24.3 Å². The summed E-state index contributed by atoms with van der Waals surface area (Å²) >= 11 is 0. The lowest BCUT2D eigenvalue weighted by atomic mass is 10.0. The third-order valence-electron chi connectivity index (χ3n) is 4.72. The monoisotopic (exact) mass is 362 g/mol. The third-order valence-corrected chi connectivity index (χ3v) is 4.72. The predicted molar refractivity (Wildman–Crippen MR) is 108 cm³/mol. The van der Waals surface area contributed by atoms with Gasteiger partial charge in [-0.15, -0.1) is 0 Å². The van der Waals surface area contributed by atoms with Crippen molar-refractivity contribution in [2.75, 3.05) is 6.61 Å². The van der Waals surface area contributed by atoms with E-state index in [-0.39, 0.29) is 0 Å². The van der Waals surface area contributed by atoms with Crippen molar-refractivity contribution in [3.05, 3.63) is 35.4 Å². The quantitative estimate of drug-likeness (QED) is 0.180. The average Bonchev–Trinajstić information content (AvgIpc) is 2.67. The molecule has 0 aliphatic heterocycles. The van der Waals surface area contributed by atoms with Crippen LogP contribution < -0.4 is 0 Å². The summed E-state index contributed by atoms with van der Waals surface area (Å²) in [4.78, 5) is 21.9. The topological polar surface area (TPSA) is 35.5 Å². The first-order chi connectivity index (χ1) is 12.8. The van der Waals surface area contributed by atoms with Gasteiger partial charge in [-0.3, -0.25) is 4.89 Å². The lowest BCUT2D eigenvalue weighted by Gasteiger charge is -2.05. The molecule has 3 heteroatoms. The molecule has 0 aliphatic rings. The molecule has 0 fully saturated rings. The first kappa shape index (κ1) is 22.7. The maximum absolute atomic E-state index is 11.9. The third kappa shape index (κ3) is 11.3. The van der Waals surface area contributed by atoms with Crippen molar-refractivity contribution in [3.63, 3.8) is 0 Å². The summed E-state index contributed by atoms with van der Waals surface area (Å²) in [5.74, 6) is -0.401. The van der Waals surface area contributed by atoms with Crippen LogP contribution in [0.3, 0.4) is 0 Å². The zero-order valence-corrected chi connectivity index (χ0v) is 16.9. The number of carbonyl (C=O) groups is 1. The van der Waals surface area contributed by atoms with E-state index >= 15 is 0 Å². The van der Waals surface area contributed by atoms with E-state index < -0.39 is 5.97 Å². The first-order valence-electron chi connectivity index (χ1n) is 10.7. The molecule has 3 nitrogen and oxygen atoms in total. The fourth-order valence-corrected chi connectivity index (χ4v) is 3.00. The molecule has 0 N–H and O–H groups in total. The molecule has 0 saturated carbocycles. The van der Waals surface area contributed by atoms with E-state index in [1.54, 1.807) is 0 Å². The van der Waals surface area contributed by atoms with Crippen molar-refractivity contribution >= 4 is 5.97 Å². The number of rotatable bonds is 16. The fraction of sp³-hybridized carbons (Fsp3) is 0.696. The summed E-state index contributed by atoms with van der Waals surface area (Å²) in [6.07, 6.45) is 16.0. The second kappa shape index (κ2) is 15.9. The Morgan fingerprint density at radius 3 is 1.88 bits per heavy atom. The van der Waals surface area contributed by atoms with E-state index in [9.17, 15) is 4.79 Å². The van der Waals surface area contributed by atoms with Gasteiger partial charge < -0.3 is 0 Å². The maximum atomic E-state index is 11.9. The van der Waals surface area contributed by atoms with Crippen molar-refractivity contribution in [3.8, 4) is 0 Å². The molecule has 0 aliphatic carbocycles. The molecular formula is C23H38O3. The second-order valence-electron chi connectivity index (χ2n) is 7.18. The highest BCUT2D eigenvalue weighted by Gasteiger charge is 2.08. The number of unbranched alkanes of at least 4 members (excludes halogenated alkanes) is 10. The molecule has 0 amide bonds. The van der Waals surface area contributed by atoms with Gasteiger partial charge in [-0.05, 0) is 37.0 Å². The fourth-order valence-electron chi connectivity index (χ4n) is 3.00. The van der Waals surface area contributed by atoms with Gasteiger partial charge in [0.1, 0.15) is 0 Å². The summed E-state index contributed by atoms with van der Waals surface area (Å²) in [6.45, 7) is 4.94. The number of hydrogen-bond donors (Lipinski definition) is 0. The number of aryl methyl sites for hydroxylation is 1. The Kier molecular flexibility index (Phi) is 13.8. The highest BCUT2D eigenvalue weighted by atomic mass is 17.2. The van der Waals surface area contributed by atoms with Crippen molar-refractivity contribution < 1.29 is 14.6 Å². The van der Waals surface area contributed by atoms with Crippen LogP contribution in [0.5, 0.6) is 0 Å². The molecule has 1 rings (SSSR count). The zero-order valence-electron chi connectivity index (χ0n) is 16.9. The van der Waals surface area contributed by atoms with Crippen LogP contribution in [0.4, 0.5) is 0 Å². The zero-order chi connectivity index (χ0) is 18.9. The SMILES string of the molecule is CCCCCCCCCCOOC(=O)c1ccc(CCCCCC)cc1. The minimum atomic E-state index is -0.401. The van der Waals surface area contributed by atoms with Gasteiger partial charge in [0.15, 0.2) is 0 Å². The first-order valence-corrected chi connectivity index (χ1v) is 10.7. The molecular weight excluding hydrogens is 324 g/mol. The molecule has 0 unspecified atom stereocenters. The van der Waals surface area contributed by atoms with Crippen LogP contribution in [0.2, 0.25) is 0 Å². The molecule has 0 heterocycles. The van der Waals surface area contributed by atoms with Crippen LogP contribution >= 0.6 is 0 Å². The Labute approximate surface area is 160 Å². The lowest BCUT2D eigenvalue weighted by Crippen LogP contribution is -2.07. The normalized spacial score (nSPS) is 10.8. The van der Waals surface area contributed by atoms with Crippen molar-refractivity contribution in [2.45, 2.75) is 97.3 Å². The molecule has 0 radical (unpaired) electrons. The van der Waals surface area contributed by atoms with Gasteiger partial charge in [-0.1, -0.05) is 90.2 Å². The van der Waals surface area contributed by atoms with Crippen LogP contribution in [0.25, 0.3) is 0 Å². The Balaban J connectivity index is 2.06. The molecule has 26 heavy (non-hydrogen) atoms. The molecule has 1 aromatic carbocycles. The lowest BCUT2D eigenvalue weighted by molar-refractivity contribution is -0.241. The minimum absolute atomic E-state index is 0.401. The van der Waals surface area contributed by atoms with Gasteiger partial charge in [0.05, 0.1) is 12.2 Å². The predicted octanol–water partition coefficient (Wildman–Crippen LogP) is 7.04. The van der Waals surface area contributed by atoms with Gasteiger partial charge in [-0.2, -0.15) is 4.89 Å². The average molecular weight is 363 g/mol. The summed E-state index contributed by atoms with van der Waals surface area (Å²) in [6, 6.07) is 7.69. The van der Waals surface area contributed by atoms with Crippen molar-refractivity contribution in [1.29, 1.82) is 0 Å². The van der Waals surface area contributed by atoms with Gasteiger partial charge in [0.25, 0.3) is 0 Å². The Morgan fingerprint density at radius 1 is 0.731 bits per heavy atom. The van der Waals surface area contributed by atoms with Crippen molar-refractivity contribution in [2.24, 2.45) is 0 Å². The van der Waals surface area contributed by atoms with Gasteiger partial charge >= 0.3 is 5.97 Å². The number of hydrogen-bond acceptors (Lipinski definition) is 3. The molecule has 0 saturated heterocycles. The van der Waals surface area contributed by atoms with Gasteiger partial charge in [0, 0.05) is 0 Å². The van der Waals surface area contributed by atoms with E-state index in [0.29, 0.717) is 12.2 Å². The van der Waals surface area contributed by atoms with Gasteiger partial charge in [0.2, 0.25) is 0 Å².